The number of nitrogens with zero attached hydrogens (tertiary/aromatic N) is 2. The standard InChI is InChI=1S/C14H16ClN3O2/c1-9(2)18-8-10(7-17-18)6-16-11-3-4-13(15)12(5-11)14(19)20/h3-5,7-9,16H,6H2,1-2H3,(H,19,20). The lowest BCUT2D eigenvalue weighted by Crippen LogP contribution is -2.03. The van der Waals surface area contributed by atoms with E-state index in [2.05, 4.69) is 24.3 Å². The molecule has 0 saturated heterocycles. The monoisotopic (exact) mass is 293 g/mol. The van der Waals surface area contributed by atoms with Crippen molar-refractivity contribution in [2.75, 3.05) is 5.32 Å². The number of carboxylic acids is 1. The van der Waals surface area contributed by atoms with Gasteiger partial charge in [0.2, 0.25) is 0 Å². The maximum Gasteiger partial charge on any atom is 0.337 e. The van der Waals surface area contributed by atoms with Crippen LogP contribution in [0.15, 0.2) is 30.6 Å². The third-order valence-corrected chi connectivity index (χ3v) is 3.21. The van der Waals surface area contributed by atoms with Crippen LogP contribution >= 0.6 is 11.6 Å². The van der Waals surface area contributed by atoms with Crippen LogP contribution in [0.3, 0.4) is 0 Å². The van der Waals surface area contributed by atoms with Gasteiger partial charge in [-0.1, -0.05) is 11.6 Å². The molecule has 1 heterocycles. The normalized spacial score (nSPS) is 10.8. The second-order valence-electron chi connectivity index (χ2n) is 4.78. The van der Waals surface area contributed by atoms with Crippen molar-refractivity contribution >= 4 is 23.3 Å². The van der Waals surface area contributed by atoms with Crippen LogP contribution in [0.25, 0.3) is 0 Å². The molecule has 5 nitrogen and oxygen atoms in total. The molecule has 0 aliphatic carbocycles. The summed E-state index contributed by atoms with van der Waals surface area (Å²) in [6.45, 7) is 4.69. The number of aromatic carboxylic acids is 1. The molecule has 0 radical (unpaired) electrons. The van der Waals surface area contributed by atoms with Gasteiger partial charge in [0.25, 0.3) is 0 Å². The Morgan fingerprint density at radius 3 is 2.85 bits per heavy atom. The molecule has 0 amide bonds. The number of hydrogen-bond acceptors (Lipinski definition) is 3. The summed E-state index contributed by atoms with van der Waals surface area (Å²) in [5, 5.41) is 16.7. The van der Waals surface area contributed by atoms with E-state index in [9.17, 15) is 4.79 Å². The van der Waals surface area contributed by atoms with Gasteiger partial charge in [0, 0.05) is 30.0 Å². The molecule has 0 spiro atoms. The van der Waals surface area contributed by atoms with Gasteiger partial charge < -0.3 is 10.4 Å². The van der Waals surface area contributed by atoms with E-state index in [0.29, 0.717) is 18.3 Å². The number of halogens is 1. The molecule has 20 heavy (non-hydrogen) atoms. The van der Waals surface area contributed by atoms with Crippen molar-refractivity contribution in [2.45, 2.75) is 26.4 Å². The lowest BCUT2D eigenvalue weighted by molar-refractivity contribution is 0.0697. The Kier molecular flexibility index (Phi) is 4.29. The molecular formula is C14H16ClN3O2. The molecule has 2 aromatic rings. The van der Waals surface area contributed by atoms with E-state index in [1.807, 2.05) is 10.9 Å². The van der Waals surface area contributed by atoms with E-state index in [-0.39, 0.29) is 10.6 Å². The van der Waals surface area contributed by atoms with Crippen LogP contribution in [0.1, 0.15) is 35.8 Å². The highest BCUT2D eigenvalue weighted by molar-refractivity contribution is 6.33. The van der Waals surface area contributed by atoms with E-state index < -0.39 is 5.97 Å². The van der Waals surface area contributed by atoms with Gasteiger partial charge in [0.15, 0.2) is 0 Å². The molecule has 2 rings (SSSR count). The van der Waals surface area contributed by atoms with Crippen molar-refractivity contribution in [1.29, 1.82) is 0 Å². The van der Waals surface area contributed by atoms with Gasteiger partial charge >= 0.3 is 5.97 Å². The Morgan fingerprint density at radius 1 is 1.50 bits per heavy atom. The Labute approximate surface area is 122 Å². The van der Waals surface area contributed by atoms with Crippen molar-refractivity contribution < 1.29 is 9.90 Å². The fourth-order valence-corrected chi connectivity index (χ4v) is 1.95. The van der Waals surface area contributed by atoms with Crippen LogP contribution in [0.4, 0.5) is 5.69 Å². The molecule has 0 atom stereocenters. The van der Waals surface area contributed by atoms with Crippen LogP contribution in [-0.4, -0.2) is 20.9 Å². The summed E-state index contributed by atoms with van der Waals surface area (Å²) >= 11 is 5.82. The molecule has 0 saturated carbocycles. The van der Waals surface area contributed by atoms with Gasteiger partial charge in [-0.2, -0.15) is 5.10 Å². The van der Waals surface area contributed by atoms with Crippen LogP contribution in [-0.2, 0) is 6.54 Å². The molecule has 1 aromatic carbocycles. The minimum atomic E-state index is -1.04. The SMILES string of the molecule is CC(C)n1cc(CNc2ccc(Cl)c(C(=O)O)c2)cn1. The van der Waals surface area contributed by atoms with Gasteiger partial charge in [-0.3, -0.25) is 4.68 Å². The number of carboxylic acid groups (broad SMARTS) is 1. The van der Waals surface area contributed by atoms with Gasteiger partial charge in [-0.15, -0.1) is 0 Å². The fraction of sp³-hybridized carbons (Fsp3) is 0.286. The van der Waals surface area contributed by atoms with E-state index in [1.165, 1.54) is 6.07 Å². The first kappa shape index (κ1) is 14.4. The average molecular weight is 294 g/mol. The number of hydrogen-bond donors (Lipinski definition) is 2. The van der Waals surface area contributed by atoms with E-state index in [1.54, 1.807) is 18.3 Å². The highest BCUT2D eigenvalue weighted by atomic mass is 35.5. The molecular weight excluding hydrogens is 278 g/mol. The highest BCUT2D eigenvalue weighted by Gasteiger charge is 2.09. The summed E-state index contributed by atoms with van der Waals surface area (Å²) < 4.78 is 1.88. The Hall–Kier alpha value is -2.01. The predicted octanol–water partition coefficient (Wildman–Crippen LogP) is 3.43. The Morgan fingerprint density at radius 2 is 2.25 bits per heavy atom. The summed E-state index contributed by atoms with van der Waals surface area (Å²) in [6.07, 6.45) is 3.76. The van der Waals surface area contributed by atoms with E-state index >= 15 is 0 Å². The first-order valence-corrected chi connectivity index (χ1v) is 6.65. The first-order chi connectivity index (χ1) is 9.47. The molecule has 6 heteroatoms. The quantitative estimate of drug-likeness (QED) is 0.886. The second kappa shape index (κ2) is 5.96. The highest BCUT2D eigenvalue weighted by Crippen LogP contribution is 2.21. The Balaban J connectivity index is 2.06. The second-order valence-corrected chi connectivity index (χ2v) is 5.18. The molecule has 1 aromatic heterocycles. The largest absolute Gasteiger partial charge is 0.478 e. The van der Waals surface area contributed by atoms with Crippen molar-refractivity contribution in [2.24, 2.45) is 0 Å². The number of aromatic nitrogens is 2. The summed E-state index contributed by atoms with van der Waals surface area (Å²) in [5.74, 6) is -1.04. The molecule has 0 fully saturated rings. The number of anilines is 1. The molecule has 106 valence electrons. The van der Waals surface area contributed by atoms with Gasteiger partial charge in [-0.05, 0) is 32.0 Å². The zero-order chi connectivity index (χ0) is 14.7. The maximum absolute atomic E-state index is 11.0. The van der Waals surface area contributed by atoms with Gasteiger partial charge in [0.1, 0.15) is 0 Å². The third kappa shape index (κ3) is 3.30. The zero-order valence-electron chi connectivity index (χ0n) is 11.3. The minimum absolute atomic E-state index is 0.0922. The Bertz CT molecular complexity index is 623. The molecule has 0 bridgehead atoms. The van der Waals surface area contributed by atoms with E-state index in [0.717, 1.165) is 5.56 Å². The molecule has 0 aliphatic rings. The molecule has 0 aliphatic heterocycles. The number of benzene rings is 1. The van der Waals surface area contributed by atoms with Crippen LogP contribution in [0.2, 0.25) is 5.02 Å². The fourth-order valence-electron chi connectivity index (χ4n) is 1.75. The number of rotatable bonds is 5. The van der Waals surface area contributed by atoms with Crippen molar-refractivity contribution in [3.8, 4) is 0 Å². The lowest BCUT2D eigenvalue weighted by Gasteiger charge is -2.07. The number of carbonyl (C=O) groups is 1. The summed E-state index contributed by atoms with van der Waals surface area (Å²) in [6, 6.07) is 5.17. The van der Waals surface area contributed by atoms with Crippen molar-refractivity contribution in [3.05, 3.63) is 46.7 Å². The predicted molar refractivity (Wildman–Crippen MR) is 78.4 cm³/mol. The minimum Gasteiger partial charge on any atom is -0.478 e. The zero-order valence-corrected chi connectivity index (χ0v) is 12.1. The maximum atomic E-state index is 11.0. The lowest BCUT2D eigenvalue weighted by atomic mass is 10.2. The van der Waals surface area contributed by atoms with Crippen LogP contribution < -0.4 is 5.32 Å². The van der Waals surface area contributed by atoms with E-state index in [4.69, 9.17) is 16.7 Å². The first-order valence-electron chi connectivity index (χ1n) is 6.27. The van der Waals surface area contributed by atoms with Crippen molar-refractivity contribution in [3.63, 3.8) is 0 Å². The molecule has 0 unspecified atom stereocenters. The summed E-state index contributed by atoms with van der Waals surface area (Å²) in [4.78, 5) is 11.0. The summed E-state index contributed by atoms with van der Waals surface area (Å²) in [5.41, 5.74) is 1.84. The topological polar surface area (TPSA) is 67.2 Å². The smallest absolute Gasteiger partial charge is 0.337 e. The third-order valence-electron chi connectivity index (χ3n) is 2.88. The van der Waals surface area contributed by atoms with Gasteiger partial charge in [-0.25, -0.2) is 4.79 Å². The molecule has 2 N–H and O–H groups in total. The number of nitrogens with one attached hydrogen (secondary N) is 1. The van der Waals surface area contributed by atoms with Crippen molar-refractivity contribution in [1.82, 2.24) is 9.78 Å². The summed E-state index contributed by atoms with van der Waals surface area (Å²) in [7, 11) is 0. The van der Waals surface area contributed by atoms with Crippen LogP contribution in [0.5, 0.6) is 0 Å². The average Bonchev–Trinajstić information content (AvgIpc) is 2.86. The van der Waals surface area contributed by atoms with Gasteiger partial charge in [0.05, 0.1) is 16.8 Å². The van der Waals surface area contributed by atoms with Crippen LogP contribution in [0, 0.1) is 0 Å².